The molecule has 0 aliphatic heterocycles. The molecule has 0 saturated heterocycles. The lowest BCUT2D eigenvalue weighted by atomic mass is 10.4. The molecular formula is C8H10ClN7. The highest BCUT2D eigenvalue weighted by Crippen LogP contribution is 2.12. The molecule has 7 nitrogen and oxygen atoms in total. The number of halogens is 1. The second-order valence-electron chi connectivity index (χ2n) is 3.04. The molecule has 16 heavy (non-hydrogen) atoms. The predicted molar refractivity (Wildman–Crippen MR) is 60.0 cm³/mol. The van der Waals surface area contributed by atoms with Gasteiger partial charge >= 0.3 is 0 Å². The van der Waals surface area contributed by atoms with Crippen molar-refractivity contribution in [1.82, 2.24) is 25.1 Å². The Bertz CT molecular complexity index is 435. The highest BCUT2D eigenvalue weighted by atomic mass is 35.5. The Morgan fingerprint density at radius 3 is 3.00 bits per heavy atom. The molecule has 84 valence electrons. The van der Waals surface area contributed by atoms with Crippen LogP contribution in [0.4, 0.5) is 11.8 Å². The minimum absolute atomic E-state index is 0.148. The van der Waals surface area contributed by atoms with Crippen molar-refractivity contribution in [2.24, 2.45) is 0 Å². The molecule has 0 amide bonds. The van der Waals surface area contributed by atoms with Gasteiger partial charge in [-0.15, -0.1) is 0 Å². The fraction of sp³-hybridized carbons (Fsp3) is 0.250. The van der Waals surface area contributed by atoms with Gasteiger partial charge < -0.3 is 11.1 Å². The molecule has 0 aliphatic carbocycles. The summed E-state index contributed by atoms with van der Waals surface area (Å²) in [5, 5.41) is 9.88. The van der Waals surface area contributed by atoms with Crippen LogP contribution in [0.25, 0.3) is 0 Å². The maximum absolute atomic E-state index is 5.73. The quantitative estimate of drug-likeness (QED) is 0.671. The number of hydrogen-bond donors (Lipinski definition) is 3. The number of anilines is 2. The molecule has 2 rings (SSSR count). The summed E-state index contributed by atoms with van der Waals surface area (Å²) in [4.78, 5) is 11.7. The highest BCUT2D eigenvalue weighted by Gasteiger charge is 2.00. The van der Waals surface area contributed by atoms with Gasteiger partial charge in [-0.1, -0.05) is 11.6 Å². The Kier molecular flexibility index (Phi) is 3.16. The van der Waals surface area contributed by atoms with Gasteiger partial charge in [0.1, 0.15) is 23.1 Å². The zero-order chi connectivity index (χ0) is 11.4. The highest BCUT2D eigenvalue weighted by molar-refractivity contribution is 6.29. The lowest BCUT2D eigenvalue weighted by Gasteiger charge is -2.04. The van der Waals surface area contributed by atoms with E-state index >= 15 is 0 Å². The fourth-order valence-electron chi connectivity index (χ4n) is 1.19. The second-order valence-corrected chi connectivity index (χ2v) is 3.43. The first-order valence-electron chi connectivity index (χ1n) is 4.62. The van der Waals surface area contributed by atoms with Gasteiger partial charge in [0.05, 0.1) is 0 Å². The van der Waals surface area contributed by atoms with Gasteiger partial charge in [0, 0.05) is 19.0 Å². The summed E-state index contributed by atoms with van der Waals surface area (Å²) in [5.74, 6) is 1.55. The summed E-state index contributed by atoms with van der Waals surface area (Å²) in [7, 11) is 0. The maximum atomic E-state index is 5.73. The monoisotopic (exact) mass is 239 g/mol. The van der Waals surface area contributed by atoms with Gasteiger partial charge in [0.15, 0.2) is 0 Å². The molecule has 0 aliphatic rings. The minimum Gasteiger partial charge on any atom is -0.369 e. The molecule has 2 aromatic rings. The Labute approximate surface area is 96.5 Å². The van der Waals surface area contributed by atoms with Crippen LogP contribution in [0.5, 0.6) is 0 Å². The third-order valence-electron chi connectivity index (χ3n) is 1.85. The fourth-order valence-corrected chi connectivity index (χ4v) is 1.38. The minimum atomic E-state index is 0.148. The third kappa shape index (κ3) is 2.80. The van der Waals surface area contributed by atoms with Gasteiger partial charge in [0.25, 0.3) is 0 Å². The summed E-state index contributed by atoms with van der Waals surface area (Å²) < 4.78 is 0. The molecule has 0 spiro atoms. The Morgan fingerprint density at radius 1 is 1.44 bits per heavy atom. The molecule has 0 aromatic carbocycles. The summed E-state index contributed by atoms with van der Waals surface area (Å²) in [6, 6.07) is 1.61. The maximum Gasteiger partial charge on any atom is 0.223 e. The van der Waals surface area contributed by atoms with Crippen LogP contribution < -0.4 is 11.1 Å². The lowest BCUT2D eigenvalue weighted by molar-refractivity contribution is 0.896. The van der Waals surface area contributed by atoms with Crippen molar-refractivity contribution in [3.05, 3.63) is 23.4 Å². The molecule has 2 aromatic heterocycles. The van der Waals surface area contributed by atoms with Crippen LogP contribution in [0.2, 0.25) is 5.15 Å². The van der Waals surface area contributed by atoms with E-state index in [9.17, 15) is 0 Å². The van der Waals surface area contributed by atoms with Crippen LogP contribution in [0.15, 0.2) is 12.4 Å². The summed E-state index contributed by atoms with van der Waals surface area (Å²) in [6.07, 6.45) is 2.18. The van der Waals surface area contributed by atoms with Crippen LogP contribution in [0, 0.1) is 0 Å². The molecule has 0 saturated carbocycles. The molecule has 0 bridgehead atoms. The normalized spacial score (nSPS) is 10.3. The Morgan fingerprint density at radius 2 is 2.31 bits per heavy atom. The average molecular weight is 240 g/mol. The molecular weight excluding hydrogens is 230 g/mol. The standard InChI is InChI=1S/C8H10ClN7/c9-5-3-7(15-8(10)14-5)11-2-1-6-12-4-13-16-6/h3-4H,1-2H2,(H,12,13,16)(H3,10,11,14,15). The summed E-state index contributed by atoms with van der Waals surface area (Å²) >= 11 is 5.73. The van der Waals surface area contributed by atoms with Gasteiger partial charge in [-0.05, 0) is 0 Å². The zero-order valence-corrected chi connectivity index (χ0v) is 9.07. The van der Waals surface area contributed by atoms with Crippen LogP contribution >= 0.6 is 11.6 Å². The van der Waals surface area contributed by atoms with E-state index in [0.717, 1.165) is 5.82 Å². The van der Waals surface area contributed by atoms with E-state index in [-0.39, 0.29) is 5.95 Å². The first-order chi connectivity index (χ1) is 7.74. The van der Waals surface area contributed by atoms with Gasteiger partial charge in [-0.25, -0.2) is 9.97 Å². The average Bonchev–Trinajstić information content (AvgIpc) is 2.69. The number of nitrogen functional groups attached to an aromatic ring is 1. The third-order valence-corrected chi connectivity index (χ3v) is 2.04. The first kappa shape index (κ1) is 10.6. The molecule has 0 radical (unpaired) electrons. The lowest BCUT2D eigenvalue weighted by Crippen LogP contribution is -2.08. The number of nitrogens with zero attached hydrogens (tertiary/aromatic N) is 4. The molecule has 4 N–H and O–H groups in total. The Balaban J connectivity index is 1.89. The molecule has 0 unspecified atom stereocenters. The first-order valence-corrected chi connectivity index (χ1v) is 5.00. The number of hydrogen-bond acceptors (Lipinski definition) is 6. The summed E-state index contributed by atoms with van der Waals surface area (Å²) in [6.45, 7) is 0.655. The van der Waals surface area contributed by atoms with Crippen molar-refractivity contribution >= 4 is 23.4 Å². The van der Waals surface area contributed by atoms with Gasteiger partial charge in [-0.3, -0.25) is 5.10 Å². The van der Waals surface area contributed by atoms with Gasteiger partial charge in [-0.2, -0.15) is 10.1 Å². The van der Waals surface area contributed by atoms with Crippen LogP contribution in [-0.4, -0.2) is 31.7 Å². The number of aromatic amines is 1. The molecule has 8 heteroatoms. The van der Waals surface area contributed by atoms with E-state index in [1.165, 1.54) is 6.33 Å². The van der Waals surface area contributed by atoms with E-state index in [0.29, 0.717) is 23.9 Å². The van der Waals surface area contributed by atoms with E-state index in [1.807, 2.05) is 0 Å². The predicted octanol–water partition coefficient (Wildman–Crippen LogP) is 0.485. The van der Waals surface area contributed by atoms with Crippen molar-refractivity contribution in [2.75, 3.05) is 17.6 Å². The van der Waals surface area contributed by atoms with E-state index in [2.05, 4.69) is 30.5 Å². The topological polar surface area (TPSA) is 105 Å². The van der Waals surface area contributed by atoms with E-state index < -0.39 is 0 Å². The van der Waals surface area contributed by atoms with Crippen molar-refractivity contribution in [1.29, 1.82) is 0 Å². The van der Waals surface area contributed by atoms with Crippen LogP contribution in [-0.2, 0) is 6.42 Å². The SMILES string of the molecule is Nc1nc(Cl)cc(NCCc2ncn[nH]2)n1. The smallest absolute Gasteiger partial charge is 0.223 e. The second kappa shape index (κ2) is 4.75. The number of H-pyrrole nitrogens is 1. The number of aromatic nitrogens is 5. The van der Waals surface area contributed by atoms with Crippen LogP contribution in [0.1, 0.15) is 5.82 Å². The van der Waals surface area contributed by atoms with E-state index in [1.54, 1.807) is 6.07 Å². The number of nitrogens with one attached hydrogen (secondary N) is 2. The van der Waals surface area contributed by atoms with Crippen molar-refractivity contribution in [3.8, 4) is 0 Å². The van der Waals surface area contributed by atoms with E-state index in [4.69, 9.17) is 17.3 Å². The molecule has 0 atom stereocenters. The van der Waals surface area contributed by atoms with Crippen molar-refractivity contribution in [3.63, 3.8) is 0 Å². The molecule has 0 fully saturated rings. The largest absolute Gasteiger partial charge is 0.369 e. The van der Waals surface area contributed by atoms with Crippen molar-refractivity contribution < 1.29 is 0 Å². The van der Waals surface area contributed by atoms with Gasteiger partial charge in [0.2, 0.25) is 5.95 Å². The molecule has 2 heterocycles. The van der Waals surface area contributed by atoms with Crippen LogP contribution in [0.3, 0.4) is 0 Å². The van der Waals surface area contributed by atoms with Crippen molar-refractivity contribution in [2.45, 2.75) is 6.42 Å². The Hall–Kier alpha value is -1.89. The summed E-state index contributed by atoms with van der Waals surface area (Å²) in [5.41, 5.74) is 5.45. The zero-order valence-electron chi connectivity index (χ0n) is 8.31. The number of rotatable bonds is 4. The number of nitrogens with two attached hydrogens (primary N) is 1.